The van der Waals surface area contributed by atoms with Crippen LogP contribution in [-0.4, -0.2) is 47.9 Å². The third-order valence-corrected chi connectivity index (χ3v) is 5.16. The molecule has 0 aliphatic heterocycles. The molecule has 2 N–H and O–H groups in total. The molecule has 1 unspecified atom stereocenters. The van der Waals surface area contributed by atoms with Crippen molar-refractivity contribution >= 4 is 17.7 Å². The molecule has 0 aromatic carbocycles. The van der Waals surface area contributed by atoms with E-state index >= 15 is 0 Å². The van der Waals surface area contributed by atoms with Crippen molar-refractivity contribution in [3.05, 3.63) is 0 Å². The number of ether oxygens (including phenoxy) is 1. The first-order valence-corrected chi connectivity index (χ1v) is 7.75. The fourth-order valence-electron chi connectivity index (χ4n) is 2.47. The second-order valence-electron chi connectivity index (χ2n) is 5.32. The van der Waals surface area contributed by atoms with Crippen molar-refractivity contribution in [2.24, 2.45) is 0 Å². The molecular weight excluding hydrogens is 250 g/mol. The van der Waals surface area contributed by atoms with E-state index in [0.29, 0.717) is 0 Å². The van der Waals surface area contributed by atoms with Crippen molar-refractivity contribution in [3.8, 4) is 0 Å². The Hall–Kier alpha value is -0.260. The average molecular weight is 275 g/mol. The molecule has 0 aromatic rings. The quantitative estimate of drug-likeness (QED) is 0.721. The van der Waals surface area contributed by atoms with E-state index in [0.717, 1.165) is 6.54 Å². The molecule has 5 heteroatoms. The minimum Gasteiger partial charge on any atom is -0.467 e. The number of aliphatic hydroxyl groups is 1. The van der Waals surface area contributed by atoms with E-state index in [1.54, 1.807) is 0 Å². The van der Waals surface area contributed by atoms with E-state index in [2.05, 4.69) is 16.3 Å². The van der Waals surface area contributed by atoms with E-state index < -0.39 is 11.6 Å². The number of carbonyl (C=O) groups excluding carboxylic acids is 1. The maximum Gasteiger partial charge on any atom is 0.338 e. The molecule has 18 heavy (non-hydrogen) atoms. The Bertz CT molecular complexity index is 275. The molecule has 0 heterocycles. The Balaban J connectivity index is 2.42. The summed E-state index contributed by atoms with van der Waals surface area (Å²) < 4.78 is 4.84. The van der Waals surface area contributed by atoms with Crippen LogP contribution >= 0.6 is 11.8 Å². The van der Waals surface area contributed by atoms with E-state index in [-0.39, 0.29) is 11.3 Å². The van der Waals surface area contributed by atoms with Crippen molar-refractivity contribution < 1.29 is 14.6 Å². The summed E-state index contributed by atoms with van der Waals surface area (Å²) in [5.41, 5.74) is -1.44. The monoisotopic (exact) mass is 275 g/mol. The normalized spacial score (nSPS) is 22.2. The number of thioether (sulfide) groups is 1. The van der Waals surface area contributed by atoms with Crippen LogP contribution in [0.4, 0.5) is 0 Å². The predicted octanol–water partition coefficient (Wildman–Crippen LogP) is 1.57. The van der Waals surface area contributed by atoms with Crippen LogP contribution in [0, 0.1) is 0 Å². The van der Waals surface area contributed by atoms with Gasteiger partial charge >= 0.3 is 5.97 Å². The van der Waals surface area contributed by atoms with E-state index in [4.69, 9.17) is 0 Å². The highest BCUT2D eigenvalue weighted by molar-refractivity contribution is 8.00. The zero-order valence-corrected chi connectivity index (χ0v) is 12.4. The number of carbonyl (C=O) groups is 1. The summed E-state index contributed by atoms with van der Waals surface area (Å²) in [6, 6.07) is 0. The van der Waals surface area contributed by atoms with Crippen molar-refractivity contribution in [3.63, 3.8) is 0 Å². The minimum absolute atomic E-state index is 0.238. The summed E-state index contributed by atoms with van der Waals surface area (Å²) in [7, 11) is 1.29. The summed E-state index contributed by atoms with van der Waals surface area (Å²) in [4.78, 5) is 11.3. The summed E-state index contributed by atoms with van der Waals surface area (Å²) in [5, 5.41) is 13.2. The maximum atomic E-state index is 11.3. The van der Waals surface area contributed by atoms with Crippen LogP contribution in [-0.2, 0) is 9.53 Å². The van der Waals surface area contributed by atoms with Gasteiger partial charge in [0.1, 0.15) is 0 Å². The highest BCUT2D eigenvalue weighted by atomic mass is 32.2. The topological polar surface area (TPSA) is 58.6 Å². The van der Waals surface area contributed by atoms with E-state index in [1.807, 2.05) is 11.8 Å². The molecule has 0 spiro atoms. The smallest absolute Gasteiger partial charge is 0.338 e. The maximum absolute atomic E-state index is 11.3. The summed E-state index contributed by atoms with van der Waals surface area (Å²) in [6.45, 7) is 2.56. The van der Waals surface area contributed by atoms with Crippen molar-refractivity contribution in [2.45, 2.75) is 49.4 Å². The van der Waals surface area contributed by atoms with E-state index in [9.17, 15) is 9.90 Å². The SMILES string of the molecule is COC(=O)C(C)(O)CNCC1(SC)CCCCC1. The molecule has 106 valence electrons. The van der Waals surface area contributed by atoms with Gasteiger partial charge in [0, 0.05) is 17.8 Å². The van der Waals surface area contributed by atoms with Gasteiger partial charge in [0.25, 0.3) is 0 Å². The minimum atomic E-state index is -1.44. The van der Waals surface area contributed by atoms with Gasteiger partial charge in [-0.3, -0.25) is 0 Å². The Labute approximate surface area is 114 Å². The zero-order valence-electron chi connectivity index (χ0n) is 11.6. The molecule has 0 bridgehead atoms. The fraction of sp³-hybridized carbons (Fsp3) is 0.923. The van der Waals surface area contributed by atoms with Gasteiger partial charge in [0.05, 0.1) is 7.11 Å². The van der Waals surface area contributed by atoms with Gasteiger partial charge in [0.2, 0.25) is 0 Å². The van der Waals surface area contributed by atoms with Crippen LogP contribution in [0.5, 0.6) is 0 Å². The number of esters is 1. The fourth-order valence-corrected chi connectivity index (χ4v) is 3.42. The average Bonchev–Trinajstić information content (AvgIpc) is 2.38. The molecule has 4 nitrogen and oxygen atoms in total. The molecule has 1 aliphatic carbocycles. The van der Waals surface area contributed by atoms with Crippen LogP contribution in [0.1, 0.15) is 39.0 Å². The van der Waals surface area contributed by atoms with Gasteiger partial charge < -0.3 is 15.2 Å². The molecule has 0 amide bonds. The standard InChI is InChI=1S/C13H25NO3S/c1-12(16,11(15)17-2)9-14-10-13(18-3)7-5-4-6-8-13/h14,16H,4-10H2,1-3H3. The largest absolute Gasteiger partial charge is 0.467 e. The lowest BCUT2D eigenvalue weighted by molar-refractivity contribution is -0.159. The van der Waals surface area contributed by atoms with E-state index in [1.165, 1.54) is 46.1 Å². The number of hydrogen-bond donors (Lipinski definition) is 2. The van der Waals surface area contributed by atoms with Crippen LogP contribution < -0.4 is 5.32 Å². The van der Waals surface area contributed by atoms with Crippen LogP contribution in [0.3, 0.4) is 0 Å². The second-order valence-corrected chi connectivity index (χ2v) is 6.59. The molecule has 1 saturated carbocycles. The molecule has 1 fully saturated rings. The highest BCUT2D eigenvalue weighted by Crippen LogP contribution is 2.37. The first kappa shape index (κ1) is 15.8. The number of hydrogen-bond acceptors (Lipinski definition) is 5. The van der Waals surface area contributed by atoms with Gasteiger partial charge in [-0.05, 0) is 26.0 Å². The van der Waals surface area contributed by atoms with Crippen LogP contribution in [0.15, 0.2) is 0 Å². The zero-order chi connectivity index (χ0) is 13.6. The predicted molar refractivity (Wildman–Crippen MR) is 74.8 cm³/mol. The Kier molecular flexibility index (Phi) is 5.95. The summed E-state index contributed by atoms with van der Waals surface area (Å²) >= 11 is 1.90. The number of rotatable bonds is 6. The molecule has 0 radical (unpaired) electrons. The van der Waals surface area contributed by atoms with Crippen LogP contribution in [0.25, 0.3) is 0 Å². The lowest BCUT2D eigenvalue weighted by Gasteiger charge is -2.36. The molecule has 0 aromatic heterocycles. The lowest BCUT2D eigenvalue weighted by Crippen LogP contribution is -2.49. The Morgan fingerprint density at radius 2 is 2.06 bits per heavy atom. The summed E-state index contributed by atoms with van der Waals surface area (Å²) in [6.07, 6.45) is 8.43. The van der Waals surface area contributed by atoms with Crippen molar-refractivity contribution in [1.82, 2.24) is 5.32 Å². The third-order valence-electron chi connectivity index (χ3n) is 3.74. The van der Waals surface area contributed by atoms with Gasteiger partial charge in [-0.25, -0.2) is 4.79 Å². The Morgan fingerprint density at radius 1 is 1.44 bits per heavy atom. The lowest BCUT2D eigenvalue weighted by atomic mass is 9.88. The van der Waals surface area contributed by atoms with Crippen molar-refractivity contribution in [1.29, 1.82) is 0 Å². The first-order chi connectivity index (χ1) is 8.46. The molecule has 1 rings (SSSR count). The van der Waals surface area contributed by atoms with Gasteiger partial charge in [-0.1, -0.05) is 19.3 Å². The molecule has 0 saturated heterocycles. The molecule has 1 atom stereocenters. The number of methoxy groups -OCH3 is 1. The van der Waals surface area contributed by atoms with Gasteiger partial charge in [-0.2, -0.15) is 11.8 Å². The number of nitrogens with one attached hydrogen (secondary N) is 1. The van der Waals surface area contributed by atoms with Crippen LogP contribution in [0.2, 0.25) is 0 Å². The second kappa shape index (κ2) is 6.78. The molecular formula is C13H25NO3S. The summed E-state index contributed by atoms with van der Waals surface area (Å²) in [5.74, 6) is -0.586. The molecule has 1 aliphatic rings. The van der Waals surface area contributed by atoms with Crippen molar-refractivity contribution in [2.75, 3.05) is 26.5 Å². The van der Waals surface area contributed by atoms with Gasteiger partial charge in [-0.15, -0.1) is 0 Å². The first-order valence-electron chi connectivity index (χ1n) is 6.52. The Morgan fingerprint density at radius 3 is 2.56 bits per heavy atom. The third kappa shape index (κ3) is 4.14. The van der Waals surface area contributed by atoms with Gasteiger partial charge in [0.15, 0.2) is 5.60 Å². The highest BCUT2D eigenvalue weighted by Gasteiger charge is 2.34.